The van der Waals surface area contributed by atoms with Crippen LogP contribution < -0.4 is 5.32 Å². The van der Waals surface area contributed by atoms with E-state index in [9.17, 15) is 24.5 Å². The lowest BCUT2D eigenvalue weighted by Gasteiger charge is -2.17. The number of nitro benzene ring substituents is 1. The molecular formula is C26H21N3O6. The largest absolute Gasteiger partial charge is 0.376 e. The van der Waals surface area contributed by atoms with Crippen LogP contribution in [-0.2, 0) is 4.74 Å². The van der Waals surface area contributed by atoms with Gasteiger partial charge < -0.3 is 10.1 Å². The van der Waals surface area contributed by atoms with Crippen molar-refractivity contribution >= 4 is 29.1 Å². The van der Waals surface area contributed by atoms with E-state index in [1.165, 1.54) is 35.2 Å². The summed E-state index contributed by atoms with van der Waals surface area (Å²) < 4.78 is 5.55. The van der Waals surface area contributed by atoms with Gasteiger partial charge in [0.15, 0.2) is 0 Å². The maximum Gasteiger partial charge on any atom is 0.269 e. The molecule has 0 aliphatic carbocycles. The third-order valence-electron chi connectivity index (χ3n) is 6.20. The molecule has 3 aromatic rings. The molecule has 0 aromatic heterocycles. The van der Waals surface area contributed by atoms with E-state index in [0.717, 1.165) is 24.0 Å². The highest BCUT2D eigenvalue weighted by atomic mass is 16.6. The van der Waals surface area contributed by atoms with Gasteiger partial charge in [-0.3, -0.25) is 29.4 Å². The third-order valence-corrected chi connectivity index (χ3v) is 6.20. The molecule has 0 spiro atoms. The van der Waals surface area contributed by atoms with Gasteiger partial charge in [0.25, 0.3) is 23.4 Å². The van der Waals surface area contributed by atoms with Gasteiger partial charge in [-0.05, 0) is 66.4 Å². The molecule has 2 aliphatic heterocycles. The van der Waals surface area contributed by atoms with Crippen LogP contribution in [0.3, 0.4) is 0 Å². The molecule has 0 bridgehead atoms. The first-order valence-corrected chi connectivity index (χ1v) is 11.2. The Balaban J connectivity index is 1.28. The molecule has 5 rings (SSSR count). The number of ether oxygens (including phenoxy) is 1. The summed E-state index contributed by atoms with van der Waals surface area (Å²) in [5.74, 6) is -1.19. The van der Waals surface area contributed by atoms with Crippen molar-refractivity contribution in [1.82, 2.24) is 4.90 Å². The molecule has 1 atom stereocenters. The Kier molecular flexibility index (Phi) is 5.84. The molecule has 9 heteroatoms. The number of anilines is 1. The van der Waals surface area contributed by atoms with E-state index in [-0.39, 0.29) is 40.9 Å². The Morgan fingerprint density at radius 2 is 1.63 bits per heavy atom. The van der Waals surface area contributed by atoms with E-state index in [1.807, 2.05) is 0 Å². The summed E-state index contributed by atoms with van der Waals surface area (Å²) in [6.07, 6.45) is 1.57. The average molecular weight is 471 g/mol. The number of nitrogens with one attached hydrogen (secondary N) is 1. The van der Waals surface area contributed by atoms with Crippen molar-refractivity contribution in [2.45, 2.75) is 18.9 Å². The Labute approximate surface area is 200 Å². The van der Waals surface area contributed by atoms with Gasteiger partial charge in [-0.2, -0.15) is 0 Å². The number of benzene rings is 3. The third kappa shape index (κ3) is 4.41. The maximum absolute atomic E-state index is 12.8. The van der Waals surface area contributed by atoms with Crippen molar-refractivity contribution in [2.75, 3.05) is 18.5 Å². The maximum atomic E-state index is 12.8. The minimum Gasteiger partial charge on any atom is -0.376 e. The summed E-state index contributed by atoms with van der Waals surface area (Å²) in [5, 5.41) is 13.6. The number of hydrogen-bond donors (Lipinski definition) is 1. The number of fused-ring (bicyclic) bond motifs is 1. The van der Waals surface area contributed by atoms with Crippen LogP contribution in [0.2, 0.25) is 0 Å². The Bertz CT molecular complexity index is 1330. The molecule has 1 fully saturated rings. The number of imide groups is 1. The summed E-state index contributed by atoms with van der Waals surface area (Å²) in [6, 6.07) is 17.7. The fourth-order valence-electron chi connectivity index (χ4n) is 4.31. The van der Waals surface area contributed by atoms with Gasteiger partial charge in [0, 0.05) is 30.0 Å². The Morgan fingerprint density at radius 3 is 2.26 bits per heavy atom. The van der Waals surface area contributed by atoms with Crippen molar-refractivity contribution in [3.8, 4) is 11.1 Å². The van der Waals surface area contributed by atoms with Crippen LogP contribution in [0.25, 0.3) is 11.1 Å². The zero-order valence-electron chi connectivity index (χ0n) is 18.6. The zero-order chi connectivity index (χ0) is 24.5. The summed E-state index contributed by atoms with van der Waals surface area (Å²) in [6.45, 7) is 0.849. The second-order valence-corrected chi connectivity index (χ2v) is 8.45. The van der Waals surface area contributed by atoms with Crippen molar-refractivity contribution in [3.63, 3.8) is 0 Å². The first kappa shape index (κ1) is 22.4. The van der Waals surface area contributed by atoms with Crippen LogP contribution in [0.4, 0.5) is 11.4 Å². The number of amides is 3. The smallest absolute Gasteiger partial charge is 0.269 e. The lowest BCUT2D eigenvalue weighted by molar-refractivity contribution is -0.384. The van der Waals surface area contributed by atoms with E-state index >= 15 is 0 Å². The van der Waals surface area contributed by atoms with Gasteiger partial charge in [0.1, 0.15) is 0 Å². The highest BCUT2D eigenvalue weighted by Crippen LogP contribution is 2.27. The molecule has 0 radical (unpaired) electrons. The number of non-ortho nitro benzene ring substituents is 1. The van der Waals surface area contributed by atoms with Crippen LogP contribution in [0, 0.1) is 10.1 Å². The predicted octanol–water partition coefficient (Wildman–Crippen LogP) is 4.29. The number of carbonyl (C=O) groups excluding carboxylic acids is 3. The topological polar surface area (TPSA) is 119 Å². The first-order chi connectivity index (χ1) is 16.9. The molecule has 176 valence electrons. The molecule has 3 aromatic carbocycles. The van der Waals surface area contributed by atoms with E-state index in [0.29, 0.717) is 12.3 Å². The molecule has 9 nitrogen and oxygen atoms in total. The van der Waals surface area contributed by atoms with Crippen LogP contribution >= 0.6 is 0 Å². The fraction of sp³-hybridized carbons (Fsp3) is 0.192. The predicted molar refractivity (Wildman–Crippen MR) is 127 cm³/mol. The quantitative estimate of drug-likeness (QED) is 0.325. The summed E-state index contributed by atoms with van der Waals surface area (Å²) in [7, 11) is 0. The second kappa shape index (κ2) is 9.11. The van der Waals surface area contributed by atoms with Crippen molar-refractivity contribution in [1.29, 1.82) is 0 Å². The van der Waals surface area contributed by atoms with Gasteiger partial charge >= 0.3 is 0 Å². The number of carbonyl (C=O) groups is 3. The van der Waals surface area contributed by atoms with E-state index < -0.39 is 16.7 Å². The first-order valence-electron chi connectivity index (χ1n) is 11.2. The monoisotopic (exact) mass is 471 g/mol. The fourth-order valence-corrected chi connectivity index (χ4v) is 4.31. The lowest BCUT2D eigenvalue weighted by Crippen LogP contribution is -2.36. The highest BCUT2D eigenvalue weighted by molar-refractivity contribution is 6.22. The van der Waals surface area contributed by atoms with E-state index in [1.54, 1.807) is 36.4 Å². The van der Waals surface area contributed by atoms with Crippen LogP contribution in [-0.4, -0.2) is 46.8 Å². The van der Waals surface area contributed by atoms with Crippen LogP contribution in [0.15, 0.2) is 66.7 Å². The molecular weight excluding hydrogens is 450 g/mol. The minimum atomic E-state index is -0.452. The highest BCUT2D eigenvalue weighted by Gasteiger charge is 2.38. The average Bonchev–Trinajstić information content (AvgIpc) is 3.47. The minimum absolute atomic E-state index is 0.0159. The molecule has 1 N–H and O–H groups in total. The zero-order valence-corrected chi connectivity index (χ0v) is 18.6. The summed E-state index contributed by atoms with van der Waals surface area (Å²) in [4.78, 5) is 49.9. The Morgan fingerprint density at radius 1 is 0.971 bits per heavy atom. The normalized spacial score (nSPS) is 16.9. The number of nitro groups is 1. The van der Waals surface area contributed by atoms with E-state index in [4.69, 9.17) is 4.74 Å². The van der Waals surface area contributed by atoms with Gasteiger partial charge in [-0.15, -0.1) is 0 Å². The van der Waals surface area contributed by atoms with Crippen LogP contribution in [0.5, 0.6) is 0 Å². The molecule has 2 heterocycles. The van der Waals surface area contributed by atoms with Crippen molar-refractivity contribution in [2.24, 2.45) is 0 Å². The standard InChI is InChI=1S/C26H21N3O6/c30-24(27-19-8-3-16(4-9-19)17-5-10-20(11-6-17)29(33)34)18-7-12-22-23(14-18)26(32)28(25(22)31)15-21-2-1-13-35-21/h3-12,14,21H,1-2,13,15H2,(H,27,30). The molecule has 0 saturated carbocycles. The molecule has 35 heavy (non-hydrogen) atoms. The summed E-state index contributed by atoms with van der Waals surface area (Å²) in [5.41, 5.74) is 2.98. The van der Waals surface area contributed by atoms with Crippen LogP contribution in [0.1, 0.15) is 43.9 Å². The Hall–Kier alpha value is -4.37. The second-order valence-electron chi connectivity index (χ2n) is 8.45. The van der Waals surface area contributed by atoms with Gasteiger partial charge in [0.2, 0.25) is 0 Å². The lowest BCUT2D eigenvalue weighted by atomic mass is 10.0. The summed E-state index contributed by atoms with van der Waals surface area (Å²) >= 11 is 0. The molecule has 2 aliphatic rings. The molecule has 1 unspecified atom stereocenters. The van der Waals surface area contributed by atoms with Gasteiger partial charge in [-0.1, -0.05) is 12.1 Å². The van der Waals surface area contributed by atoms with Crippen molar-refractivity contribution in [3.05, 3.63) is 93.5 Å². The SMILES string of the molecule is O=C(Nc1ccc(-c2ccc([N+](=O)[O-])cc2)cc1)c1ccc2c(c1)C(=O)N(CC1CCCO1)C2=O. The number of rotatable bonds is 6. The van der Waals surface area contributed by atoms with Gasteiger partial charge in [-0.25, -0.2) is 0 Å². The number of hydrogen-bond acceptors (Lipinski definition) is 6. The van der Waals surface area contributed by atoms with Gasteiger partial charge in [0.05, 0.1) is 28.7 Å². The molecule has 3 amide bonds. The van der Waals surface area contributed by atoms with Crippen molar-refractivity contribution < 1.29 is 24.0 Å². The number of nitrogens with zero attached hydrogens (tertiary/aromatic N) is 2. The van der Waals surface area contributed by atoms with E-state index in [2.05, 4.69) is 5.32 Å². The molecule has 1 saturated heterocycles.